The van der Waals surface area contributed by atoms with Crippen LogP contribution in [0.25, 0.3) is 0 Å². The van der Waals surface area contributed by atoms with E-state index in [-0.39, 0.29) is 6.42 Å². The third-order valence-electron chi connectivity index (χ3n) is 3.30. The Morgan fingerprint density at radius 3 is 2.35 bits per heavy atom. The lowest BCUT2D eigenvalue weighted by molar-refractivity contribution is -0.201. The van der Waals surface area contributed by atoms with Gasteiger partial charge in [-0.1, -0.05) is 30.3 Å². The first-order chi connectivity index (χ1) is 9.24. The molecule has 2 atom stereocenters. The Hall–Kier alpha value is -2.05. The summed E-state index contributed by atoms with van der Waals surface area (Å²) in [6.07, 6.45) is -4.70. The summed E-state index contributed by atoms with van der Waals surface area (Å²) in [5, 5.41) is 3.92. The highest BCUT2D eigenvalue weighted by Crippen LogP contribution is 2.32. The number of piperazine rings is 1. The Labute approximate surface area is 113 Å². The zero-order chi connectivity index (χ0) is 15.0. The summed E-state index contributed by atoms with van der Waals surface area (Å²) in [4.78, 5) is 23.4. The van der Waals surface area contributed by atoms with Crippen LogP contribution in [0.4, 0.5) is 13.2 Å². The van der Waals surface area contributed by atoms with Crippen LogP contribution >= 0.6 is 0 Å². The van der Waals surface area contributed by atoms with Crippen LogP contribution in [0, 0.1) is 0 Å². The first kappa shape index (κ1) is 14.4. The molecule has 4 nitrogen and oxygen atoms in total. The second kappa shape index (κ2) is 4.81. The predicted octanol–water partition coefficient (Wildman–Crippen LogP) is 1.16. The Morgan fingerprint density at radius 2 is 1.80 bits per heavy atom. The Morgan fingerprint density at radius 1 is 1.20 bits per heavy atom. The van der Waals surface area contributed by atoms with E-state index in [0.717, 1.165) is 5.56 Å². The molecule has 0 bridgehead atoms. The lowest BCUT2D eigenvalue weighted by Crippen LogP contribution is -2.73. The molecule has 20 heavy (non-hydrogen) atoms. The number of carbonyl (C=O) groups is 2. The first-order valence-electron chi connectivity index (χ1n) is 5.98. The van der Waals surface area contributed by atoms with Gasteiger partial charge in [-0.25, -0.2) is 0 Å². The molecule has 1 aromatic rings. The molecule has 1 saturated heterocycles. The smallest absolute Gasteiger partial charge is 0.342 e. The lowest BCUT2D eigenvalue weighted by Gasteiger charge is -2.38. The predicted molar refractivity (Wildman–Crippen MR) is 64.7 cm³/mol. The van der Waals surface area contributed by atoms with Crippen molar-refractivity contribution in [2.45, 2.75) is 31.1 Å². The van der Waals surface area contributed by atoms with Gasteiger partial charge in [0.05, 0.1) is 0 Å². The summed E-state index contributed by atoms with van der Waals surface area (Å²) < 4.78 is 38.5. The zero-order valence-corrected chi connectivity index (χ0v) is 10.6. The minimum absolute atomic E-state index is 0.145. The van der Waals surface area contributed by atoms with Crippen molar-refractivity contribution in [1.29, 1.82) is 0 Å². The molecule has 2 amide bonds. The molecule has 2 N–H and O–H groups in total. The molecule has 1 heterocycles. The summed E-state index contributed by atoms with van der Waals surface area (Å²) >= 11 is 0. The van der Waals surface area contributed by atoms with Crippen molar-refractivity contribution in [3.8, 4) is 0 Å². The standard InChI is InChI=1S/C13H13F3N2O2/c1-12(13(14,15)16)11(20)17-9(10(19)18-12)7-8-5-3-2-4-6-8/h2-6,9H,7H2,1H3,(H,17,20)(H,18,19)/t9-,12+/m0/s1. The normalized spacial score (nSPS) is 26.9. The fraction of sp³-hybridized carbons (Fsp3) is 0.385. The van der Waals surface area contributed by atoms with Gasteiger partial charge in [-0.15, -0.1) is 0 Å². The van der Waals surface area contributed by atoms with Gasteiger partial charge in [0.1, 0.15) is 6.04 Å². The molecular weight excluding hydrogens is 273 g/mol. The number of hydrogen-bond donors (Lipinski definition) is 2. The van der Waals surface area contributed by atoms with E-state index in [1.165, 1.54) is 0 Å². The van der Waals surface area contributed by atoms with Gasteiger partial charge in [0, 0.05) is 6.42 Å². The molecule has 0 radical (unpaired) electrons. The molecular formula is C13H13F3N2O2. The number of alkyl halides is 3. The van der Waals surface area contributed by atoms with E-state index in [4.69, 9.17) is 0 Å². The van der Waals surface area contributed by atoms with Crippen molar-refractivity contribution in [3.63, 3.8) is 0 Å². The number of hydrogen-bond acceptors (Lipinski definition) is 2. The average molecular weight is 286 g/mol. The maximum absolute atomic E-state index is 12.8. The first-order valence-corrected chi connectivity index (χ1v) is 5.98. The van der Waals surface area contributed by atoms with Crippen molar-refractivity contribution in [2.24, 2.45) is 0 Å². The van der Waals surface area contributed by atoms with Crippen LogP contribution in [-0.2, 0) is 16.0 Å². The van der Waals surface area contributed by atoms with Gasteiger partial charge < -0.3 is 10.6 Å². The van der Waals surface area contributed by atoms with E-state index in [2.05, 4.69) is 5.32 Å². The van der Waals surface area contributed by atoms with Gasteiger partial charge in [0.15, 0.2) is 0 Å². The van der Waals surface area contributed by atoms with Crippen molar-refractivity contribution in [2.75, 3.05) is 0 Å². The quantitative estimate of drug-likeness (QED) is 0.857. The minimum Gasteiger partial charge on any atom is -0.342 e. The van der Waals surface area contributed by atoms with E-state index >= 15 is 0 Å². The van der Waals surface area contributed by atoms with Gasteiger partial charge in [-0.05, 0) is 12.5 Å². The average Bonchev–Trinajstić information content (AvgIpc) is 2.36. The summed E-state index contributed by atoms with van der Waals surface area (Å²) in [6.45, 7) is 0.652. The molecule has 1 fully saturated rings. The van der Waals surface area contributed by atoms with Crippen LogP contribution < -0.4 is 10.6 Å². The molecule has 2 rings (SSSR count). The third kappa shape index (κ3) is 2.48. The van der Waals surface area contributed by atoms with Gasteiger partial charge in [0.2, 0.25) is 11.4 Å². The highest BCUT2D eigenvalue weighted by Gasteiger charge is 2.60. The molecule has 0 saturated carbocycles. The minimum atomic E-state index is -4.84. The molecule has 1 aromatic carbocycles. The molecule has 0 unspecified atom stereocenters. The van der Waals surface area contributed by atoms with Crippen LogP contribution in [0.2, 0.25) is 0 Å². The number of nitrogens with one attached hydrogen (secondary N) is 2. The Balaban J connectivity index is 2.15. The fourth-order valence-corrected chi connectivity index (χ4v) is 1.95. The van der Waals surface area contributed by atoms with E-state index in [0.29, 0.717) is 6.92 Å². The maximum atomic E-state index is 12.8. The monoisotopic (exact) mass is 286 g/mol. The van der Waals surface area contributed by atoms with Crippen molar-refractivity contribution in [3.05, 3.63) is 35.9 Å². The molecule has 0 aliphatic carbocycles. The Bertz CT molecular complexity index is 530. The van der Waals surface area contributed by atoms with Crippen molar-refractivity contribution in [1.82, 2.24) is 10.6 Å². The number of carbonyl (C=O) groups excluding carboxylic acids is 2. The summed E-state index contributed by atoms with van der Waals surface area (Å²) in [7, 11) is 0. The topological polar surface area (TPSA) is 58.2 Å². The third-order valence-corrected chi connectivity index (χ3v) is 3.30. The van der Waals surface area contributed by atoms with E-state index in [1.54, 1.807) is 35.6 Å². The van der Waals surface area contributed by atoms with Crippen LogP contribution in [-0.4, -0.2) is 29.6 Å². The number of benzene rings is 1. The van der Waals surface area contributed by atoms with E-state index in [1.807, 2.05) is 0 Å². The summed E-state index contributed by atoms with van der Waals surface area (Å²) in [5.41, 5.74) is -2.12. The van der Waals surface area contributed by atoms with Gasteiger partial charge in [0.25, 0.3) is 5.91 Å². The number of halogens is 3. The lowest BCUT2D eigenvalue weighted by atomic mass is 9.93. The molecule has 7 heteroatoms. The second-order valence-corrected chi connectivity index (χ2v) is 4.83. The molecule has 108 valence electrons. The SMILES string of the molecule is C[C@@]1(C(F)(F)F)NC(=O)[C@H](Cc2ccccc2)NC1=O. The molecule has 0 aromatic heterocycles. The van der Waals surface area contributed by atoms with Crippen LogP contribution in [0.15, 0.2) is 30.3 Å². The zero-order valence-electron chi connectivity index (χ0n) is 10.6. The number of amides is 2. The summed E-state index contributed by atoms with van der Waals surface area (Å²) in [5.74, 6) is -2.08. The van der Waals surface area contributed by atoms with Gasteiger partial charge in [-0.2, -0.15) is 13.2 Å². The molecule has 1 aliphatic rings. The van der Waals surface area contributed by atoms with E-state index in [9.17, 15) is 22.8 Å². The van der Waals surface area contributed by atoms with Crippen molar-refractivity contribution >= 4 is 11.8 Å². The Kier molecular flexibility index (Phi) is 3.45. The highest BCUT2D eigenvalue weighted by atomic mass is 19.4. The van der Waals surface area contributed by atoms with Crippen molar-refractivity contribution < 1.29 is 22.8 Å². The van der Waals surface area contributed by atoms with Crippen LogP contribution in [0.5, 0.6) is 0 Å². The molecule has 1 aliphatic heterocycles. The largest absolute Gasteiger partial charge is 0.420 e. The summed E-state index contributed by atoms with van der Waals surface area (Å²) in [6, 6.07) is 7.74. The highest BCUT2D eigenvalue weighted by molar-refractivity contribution is 6.00. The van der Waals surface area contributed by atoms with Crippen LogP contribution in [0.1, 0.15) is 12.5 Å². The fourth-order valence-electron chi connectivity index (χ4n) is 1.95. The van der Waals surface area contributed by atoms with Crippen LogP contribution in [0.3, 0.4) is 0 Å². The van der Waals surface area contributed by atoms with Gasteiger partial charge in [-0.3, -0.25) is 9.59 Å². The maximum Gasteiger partial charge on any atom is 0.420 e. The second-order valence-electron chi connectivity index (χ2n) is 4.83. The van der Waals surface area contributed by atoms with Gasteiger partial charge >= 0.3 is 6.18 Å². The van der Waals surface area contributed by atoms with E-state index < -0.39 is 29.6 Å². The number of rotatable bonds is 2. The molecule has 0 spiro atoms.